The number of carbonyl (C=O) groups excluding carboxylic acids is 3. The van der Waals surface area contributed by atoms with Crippen molar-refractivity contribution in [3.63, 3.8) is 0 Å². The number of benzene rings is 3. The first-order valence-electron chi connectivity index (χ1n) is 15.4. The van der Waals surface area contributed by atoms with Gasteiger partial charge in [0.1, 0.15) is 22.9 Å². The number of hydrogen-bond acceptors (Lipinski definition) is 13. The molecule has 1 amide bonds. The number of aromatic hydroxyl groups is 1. The topological polar surface area (TPSA) is 186 Å². The monoisotopic (exact) mass is 675 g/mol. The first-order chi connectivity index (χ1) is 23.7. The summed E-state index contributed by atoms with van der Waals surface area (Å²) in [6.07, 6.45) is 1.17. The van der Waals surface area contributed by atoms with Crippen molar-refractivity contribution < 1.29 is 38.1 Å². The van der Waals surface area contributed by atoms with E-state index in [0.717, 1.165) is 5.56 Å². The Bertz CT molecular complexity index is 1710. The van der Waals surface area contributed by atoms with Crippen LogP contribution in [-0.2, 0) is 25.5 Å². The molecule has 0 saturated carbocycles. The Morgan fingerprint density at radius 1 is 0.796 bits per heavy atom. The second-order valence-corrected chi connectivity index (χ2v) is 10.6. The number of anilines is 5. The first kappa shape index (κ1) is 36.2. The number of ether oxygens (including phenoxy) is 3. The van der Waals surface area contributed by atoms with Gasteiger partial charge in [0.2, 0.25) is 17.8 Å². The van der Waals surface area contributed by atoms with E-state index in [9.17, 15) is 23.9 Å². The lowest BCUT2D eigenvalue weighted by molar-refractivity contribution is -0.117. The lowest BCUT2D eigenvalue weighted by Gasteiger charge is -2.13. The molecule has 0 spiro atoms. The van der Waals surface area contributed by atoms with Crippen LogP contribution in [0, 0.1) is 5.82 Å². The quantitative estimate of drug-likeness (QED) is 0.0522. The Hall–Kier alpha value is -5.67. The number of ketones is 1. The van der Waals surface area contributed by atoms with E-state index >= 15 is 0 Å². The van der Waals surface area contributed by atoms with Gasteiger partial charge in [-0.1, -0.05) is 12.1 Å². The molecule has 14 nitrogen and oxygen atoms in total. The molecule has 4 aromatic rings. The number of rotatable bonds is 19. The van der Waals surface area contributed by atoms with Gasteiger partial charge in [-0.05, 0) is 73.5 Å². The molecule has 3 aromatic carbocycles. The Morgan fingerprint density at radius 2 is 1.43 bits per heavy atom. The molecule has 0 saturated heterocycles. The number of aromatic nitrogens is 3. The van der Waals surface area contributed by atoms with Crippen LogP contribution in [0.4, 0.5) is 33.6 Å². The summed E-state index contributed by atoms with van der Waals surface area (Å²) in [4.78, 5) is 49.0. The molecular formula is C34H38FN7O7. The van der Waals surface area contributed by atoms with Gasteiger partial charge in [-0.15, -0.1) is 0 Å². The third-order valence-electron chi connectivity index (χ3n) is 6.78. The van der Waals surface area contributed by atoms with Crippen molar-refractivity contribution in [2.75, 3.05) is 56.0 Å². The standard InChI is InChI=1S/C34H38FN7O7/c1-22(43)4-3-16-48-18-19-49-17-15-36-32-40-33(42-34(41-32)39-27-13-14-29(44)28(20-27)31(46)47-2)38-26-11-7-24(8-12-26)30(45)37-21-23-5-9-25(35)10-6-23/h5-14,20,44H,3-4,15-19,21H2,1-2H3,(H,37,45)(H3,36,38,39,40,41,42). The number of nitrogens with one attached hydrogen (secondary N) is 4. The van der Waals surface area contributed by atoms with Crippen LogP contribution in [0.15, 0.2) is 66.7 Å². The maximum Gasteiger partial charge on any atom is 0.341 e. The van der Waals surface area contributed by atoms with Gasteiger partial charge in [0.15, 0.2) is 0 Å². The van der Waals surface area contributed by atoms with E-state index in [1.807, 2.05) is 0 Å². The molecule has 0 unspecified atom stereocenters. The molecule has 0 fully saturated rings. The Kier molecular flexibility index (Phi) is 13.7. The maximum absolute atomic E-state index is 13.2. The van der Waals surface area contributed by atoms with Gasteiger partial charge in [0.05, 0.1) is 26.9 Å². The second-order valence-electron chi connectivity index (χ2n) is 10.6. The maximum atomic E-state index is 13.2. The molecule has 5 N–H and O–H groups in total. The van der Waals surface area contributed by atoms with E-state index in [1.54, 1.807) is 49.4 Å². The van der Waals surface area contributed by atoms with Crippen molar-refractivity contribution in [2.24, 2.45) is 0 Å². The summed E-state index contributed by atoms with van der Waals surface area (Å²) in [7, 11) is 1.21. The van der Waals surface area contributed by atoms with Crippen LogP contribution in [0.3, 0.4) is 0 Å². The molecular weight excluding hydrogens is 637 g/mol. The summed E-state index contributed by atoms with van der Waals surface area (Å²) >= 11 is 0. The number of esters is 1. The largest absolute Gasteiger partial charge is 0.507 e. The molecule has 0 radical (unpaired) electrons. The molecule has 0 aliphatic heterocycles. The fourth-order valence-corrected chi connectivity index (χ4v) is 4.28. The fourth-order valence-electron chi connectivity index (χ4n) is 4.28. The minimum atomic E-state index is -0.712. The number of nitrogens with zero attached hydrogens (tertiary/aromatic N) is 3. The van der Waals surface area contributed by atoms with Gasteiger partial charge in [0.25, 0.3) is 5.91 Å². The van der Waals surface area contributed by atoms with Crippen molar-refractivity contribution in [1.82, 2.24) is 20.3 Å². The molecule has 49 heavy (non-hydrogen) atoms. The summed E-state index contributed by atoms with van der Waals surface area (Å²) in [6.45, 7) is 3.77. The molecule has 258 valence electrons. The van der Waals surface area contributed by atoms with Gasteiger partial charge in [-0.25, -0.2) is 9.18 Å². The van der Waals surface area contributed by atoms with Crippen LogP contribution < -0.4 is 21.3 Å². The molecule has 0 aliphatic rings. The second kappa shape index (κ2) is 18.6. The number of halogens is 1. The Labute approximate surface area is 282 Å². The van der Waals surface area contributed by atoms with Crippen LogP contribution in [0.1, 0.15) is 46.0 Å². The number of amides is 1. The molecule has 1 heterocycles. The highest BCUT2D eigenvalue weighted by Gasteiger charge is 2.14. The van der Waals surface area contributed by atoms with Crippen molar-refractivity contribution >= 4 is 46.9 Å². The third-order valence-corrected chi connectivity index (χ3v) is 6.78. The molecule has 1 aromatic heterocycles. The van der Waals surface area contributed by atoms with Crippen LogP contribution in [0.25, 0.3) is 0 Å². The van der Waals surface area contributed by atoms with Gasteiger partial charge >= 0.3 is 5.97 Å². The summed E-state index contributed by atoms with van der Waals surface area (Å²) in [5.41, 5.74) is 2.14. The summed E-state index contributed by atoms with van der Waals surface area (Å²) < 4.78 is 28.9. The average Bonchev–Trinajstić information content (AvgIpc) is 3.09. The number of phenolic OH excluding ortho intramolecular Hbond substituents is 1. The molecule has 0 bridgehead atoms. The van der Waals surface area contributed by atoms with E-state index < -0.39 is 5.97 Å². The van der Waals surface area contributed by atoms with Crippen LogP contribution in [0.2, 0.25) is 0 Å². The highest BCUT2D eigenvalue weighted by molar-refractivity contribution is 5.94. The Morgan fingerprint density at radius 3 is 2.10 bits per heavy atom. The number of Topliss-reactive ketones (excluding diaryl/α,β-unsaturated/α-hetero) is 1. The zero-order valence-electron chi connectivity index (χ0n) is 27.1. The highest BCUT2D eigenvalue weighted by Crippen LogP contribution is 2.25. The summed E-state index contributed by atoms with van der Waals surface area (Å²) in [5, 5.41) is 22.1. The van der Waals surface area contributed by atoms with Crippen molar-refractivity contribution in [2.45, 2.75) is 26.3 Å². The highest BCUT2D eigenvalue weighted by atomic mass is 19.1. The van der Waals surface area contributed by atoms with Gasteiger partial charge < -0.3 is 45.4 Å². The predicted molar refractivity (Wildman–Crippen MR) is 180 cm³/mol. The van der Waals surface area contributed by atoms with E-state index in [0.29, 0.717) is 62.8 Å². The van der Waals surface area contributed by atoms with Crippen LogP contribution >= 0.6 is 0 Å². The van der Waals surface area contributed by atoms with Gasteiger partial charge in [-0.2, -0.15) is 15.0 Å². The number of methoxy groups -OCH3 is 1. The minimum Gasteiger partial charge on any atom is -0.507 e. The van der Waals surface area contributed by atoms with Gasteiger partial charge in [-0.3, -0.25) is 4.79 Å². The SMILES string of the molecule is COC(=O)c1cc(Nc2nc(NCCOCCOCCCC(C)=O)nc(Nc3ccc(C(=O)NCc4ccc(F)cc4)cc3)n2)ccc1O. The van der Waals surface area contributed by atoms with Crippen LogP contribution in [-0.4, -0.2) is 77.8 Å². The average molecular weight is 676 g/mol. The minimum absolute atomic E-state index is 0.0416. The lowest BCUT2D eigenvalue weighted by atomic mass is 10.1. The number of hydrogen-bond donors (Lipinski definition) is 5. The molecule has 15 heteroatoms. The third kappa shape index (κ3) is 12.1. The van der Waals surface area contributed by atoms with Crippen LogP contribution in [0.5, 0.6) is 5.75 Å². The summed E-state index contributed by atoms with van der Waals surface area (Å²) in [6, 6.07) is 16.8. The van der Waals surface area contributed by atoms with Gasteiger partial charge in [0, 0.05) is 43.1 Å². The normalized spacial score (nSPS) is 10.7. The lowest BCUT2D eigenvalue weighted by Crippen LogP contribution is -2.22. The zero-order valence-corrected chi connectivity index (χ0v) is 27.1. The predicted octanol–water partition coefficient (Wildman–Crippen LogP) is 4.73. The van der Waals surface area contributed by atoms with Crippen molar-refractivity contribution in [1.29, 1.82) is 0 Å². The van der Waals surface area contributed by atoms with E-state index in [4.69, 9.17) is 14.2 Å². The fraction of sp³-hybridized carbons (Fsp3) is 0.294. The van der Waals surface area contributed by atoms with E-state index in [1.165, 1.54) is 31.4 Å². The smallest absolute Gasteiger partial charge is 0.341 e. The van der Waals surface area contributed by atoms with E-state index in [2.05, 4.69) is 36.2 Å². The zero-order chi connectivity index (χ0) is 35.0. The molecule has 0 atom stereocenters. The molecule has 0 aliphatic carbocycles. The summed E-state index contributed by atoms with van der Waals surface area (Å²) in [5.74, 6) is -0.960. The van der Waals surface area contributed by atoms with Crippen molar-refractivity contribution in [3.8, 4) is 5.75 Å². The molecule has 4 rings (SSSR count). The number of phenols is 1. The Balaban J connectivity index is 1.39. The van der Waals surface area contributed by atoms with E-state index in [-0.39, 0.29) is 53.2 Å². The van der Waals surface area contributed by atoms with Crippen molar-refractivity contribution in [3.05, 3.63) is 89.2 Å². The first-order valence-corrected chi connectivity index (χ1v) is 15.4. The number of carbonyl (C=O) groups is 3.